The summed E-state index contributed by atoms with van der Waals surface area (Å²) in [4.78, 5) is 10.7. The molecule has 0 aliphatic rings. The van der Waals surface area contributed by atoms with E-state index in [4.69, 9.17) is 16.3 Å². The second-order valence-electron chi connectivity index (χ2n) is 3.63. The highest BCUT2D eigenvalue weighted by Crippen LogP contribution is 2.29. The van der Waals surface area contributed by atoms with E-state index in [9.17, 15) is 9.18 Å². The first-order valence-corrected chi connectivity index (χ1v) is 4.99. The summed E-state index contributed by atoms with van der Waals surface area (Å²) in [6.45, 7) is 4.38. The molecular formula is C11H12ClFO2. The molecule has 0 spiro atoms. The summed E-state index contributed by atoms with van der Waals surface area (Å²) < 4.78 is 18.2. The Labute approximate surface area is 93.0 Å². The Morgan fingerprint density at radius 3 is 2.73 bits per heavy atom. The van der Waals surface area contributed by atoms with Crippen LogP contribution in [-0.2, 0) is 0 Å². The quantitative estimate of drug-likeness (QED) is 0.742. The number of rotatable bonds is 4. The number of hydrogen-bond donors (Lipinski definition) is 0. The van der Waals surface area contributed by atoms with Crippen LogP contribution in [0.2, 0.25) is 5.02 Å². The van der Waals surface area contributed by atoms with Crippen LogP contribution in [0, 0.1) is 11.7 Å². The molecule has 0 fully saturated rings. The average molecular weight is 231 g/mol. The fourth-order valence-corrected chi connectivity index (χ4v) is 1.34. The number of benzene rings is 1. The van der Waals surface area contributed by atoms with Gasteiger partial charge in [0, 0.05) is 0 Å². The lowest BCUT2D eigenvalue weighted by molar-refractivity contribution is 0.111. The van der Waals surface area contributed by atoms with Gasteiger partial charge < -0.3 is 4.74 Å². The van der Waals surface area contributed by atoms with Gasteiger partial charge in [-0.05, 0) is 18.1 Å². The minimum absolute atomic E-state index is 0.123. The highest BCUT2D eigenvalue weighted by Gasteiger charge is 2.11. The van der Waals surface area contributed by atoms with Gasteiger partial charge in [-0.15, -0.1) is 0 Å². The largest absolute Gasteiger partial charge is 0.491 e. The molecule has 0 aliphatic carbocycles. The smallest absolute Gasteiger partial charge is 0.153 e. The zero-order valence-corrected chi connectivity index (χ0v) is 9.34. The van der Waals surface area contributed by atoms with Crippen molar-refractivity contribution in [1.29, 1.82) is 0 Å². The molecule has 0 atom stereocenters. The zero-order chi connectivity index (χ0) is 11.4. The monoisotopic (exact) mass is 230 g/mol. The zero-order valence-electron chi connectivity index (χ0n) is 8.59. The highest BCUT2D eigenvalue weighted by molar-refractivity contribution is 6.32. The van der Waals surface area contributed by atoms with Gasteiger partial charge >= 0.3 is 0 Å². The van der Waals surface area contributed by atoms with Crippen LogP contribution in [0.4, 0.5) is 4.39 Å². The third-order valence-corrected chi connectivity index (χ3v) is 2.01. The third-order valence-electron chi connectivity index (χ3n) is 1.73. The molecule has 0 saturated carbocycles. The van der Waals surface area contributed by atoms with Crippen LogP contribution in [0.1, 0.15) is 24.2 Å². The van der Waals surface area contributed by atoms with Crippen LogP contribution >= 0.6 is 11.6 Å². The summed E-state index contributed by atoms with van der Waals surface area (Å²) in [5, 5.41) is 0.123. The molecular weight excluding hydrogens is 219 g/mol. The summed E-state index contributed by atoms with van der Waals surface area (Å²) in [5.41, 5.74) is 0.139. The van der Waals surface area contributed by atoms with Gasteiger partial charge in [-0.25, -0.2) is 4.39 Å². The molecule has 0 saturated heterocycles. The normalized spacial score (nSPS) is 10.5. The van der Waals surface area contributed by atoms with Crippen molar-refractivity contribution >= 4 is 17.9 Å². The molecule has 0 amide bonds. The third kappa shape index (κ3) is 3.20. The molecule has 0 radical (unpaired) electrons. The lowest BCUT2D eigenvalue weighted by Gasteiger charge is -2.12. The molecule has 0 heterocycles. The number of carbonyl (C=O) groups excluding carboxylic acids is 1. The fourth-order valence-electron chi connectivity index (χ4n) is 1.07. The van der Waals surface area contributed by atoms with Gasteiger partial charge in [-0.1, -0.05) is 25.4 Å². The van der Waals surface area contributed by atoms with Gasteiger partial charge in [0.2, 0.25) is 0 Å². The summed E-state index contributed by atoms with van der Waals surface area (Å²) >= 11 is 5.77. The minimum atomic E-state index is -0.543. The lowest BCUT2D eigenvalue weighted by Crippen LogP contribution is -2.06. The van der Waals surface area contributed by atoms with Crippen molar-refractivity contribution in [2.75, 3.05) is 6.61 Å². The second-order valence-corrected chi connectivity index (χ2v) is 4.04. The molecule has 1 aromatic carbocycles. The van der Waals surface area contributed by atoms with E-state index in [-0.39, 0.29) is 16.3 Å². The van der Waals surface area contributed by atoms with Crippen molar-refractivity contribution in [2.24, 2.45) is 5.92 Å². The van der Waals surface area contributed by atoms with Crippen molar-refractivity contribution in [3.63, 3.8) is 0 Å². The number of aldehydes is 1. The first-order valence-electron chi connectivity index (χ1n) is 4.61. The molecule has 1 rings (SSSR count). The first kappa shape index (κ1) is 12.0. The van der Waals surface area contributed by atoms with Gasteiger partial charge in [0.1, 0.15) is 11.6 Å². The first-order chi connectivity index (χ1) is 7.04. The minimum Gasteiger partial charge on any atom is -0.491 e. The van der Waals surface area contributed by atoms with E-state index < -0.39 is 5.82 Å². The Morgan fingerprint density at radius 2 is 2.20 bits per heavy atom. The van der Waals surface area contributed by atoms with Crippen LogP contribution in [0.15, 0.2) is 12.1 Å². The van der Waals surface area contributed by atoms with Crippen molar-refractivity contribution in [3.05, 3.63) is 28.5 Å². The number of carbonyl (C=O) groups is 1. The molecule has 0 aliphatic heterocycles. The molecule has 15 heavy (non-hydrogen) atoms. The van der Waals surface area contributed by atoms with Gasteiger partial charge in [0.05, 0.1) is 17.2 Å². The Morgan fingerprint density at radius 1 is 1.53 bits per heavy atom. The van der Waals surface area contributed by atoms with Crippen LogP contribution in [0.5, 0.6) is 5.75 Å². The Hall–Kier alpha value is -1.09. The van der Waals surface area contributed by atoms with E-state index in [2.05, 4.69) is 0 Å². The van der Waals surface area contributed by atoms with E-state index in [0.29, 0.717) is 18.8 Å². The molecule has 0 unspecified atom stereocenters. The van der Waals surface area contributed by atoms with Crippen LogP contribution in [-0.4, -0.2) is 12.9 Å². The molecule has 2 nitrogen and oxygen atoms in total. The van der Waals surface area contributed by atoms with Gasteiger partial charge in [0.15, 0.2) is 6.29 Å². The van der Waals surface area contributed by atoms with Gasteiger partial charge in [0.25, 0.3) is 0 Å². The van der Waals surface area contributed by atoms with E-state index in [1.165, 1.54) is 0 Å². The Kier molecular flexibility index (Phi) is 4.09. The van der Waals surface area contributed by atoms with Crippen molar-refractivity contribution in [3.8, 4) is 5.75 Å². The standard InChI is InChI=1S/C11H12ClFO2/c1-7(2)6-15-11-8(5-14)3-9(13)4-10(11)12/h3-5,7H,6H2,1-2H3. The van der Waals surface area contributed by atoms with Crippen molar-refractivity contribution in [2.45, 2.75) is 13.8 Å². The van der Waals surface area contributed by atoms with E-state index >= 15 is 0 Å². The molecule has 0 aromatic heterocycles. The van der Waals surface area contributed by atoms with Gasteiger partial charge in [-0.3, -0.25) is 4.79 Å². The summed E-state index contributed by atoms with van der Waals surface area (Å²) in [6, 6.07) is 2.23. The SMILES string of the molecule is CC(C)COc1c(Cl)cc(F)cc1C=O. The van der Waals surface area contributed by atoms with Crippen LogP contribution in [0.25, 0.3) is 0 Å². The average Bonchev–Trinajstić information content (AvgIpc) is 2.14. The van der Waals surface area contributed by atoms with Crippen molar-refractivity contribution < 1.29 is 13.9 Å². The predicted molar refractivity (Wildman–Crippen MR) is 57.1 cm³/mol. The molecule has 1 aromatic rings. The van der Waals surface area contributed by atoms with Crippen LogP contribution < -0.4 is 4.74 Å². The van der Waals surface area contributed by atoms with E-state index in [1.807, 2.05) is 13.8 Å². The molecule has 0 bridgehead atoms. The lowest BCUT2D eigenvalue weighted by atomic mass is 10.2. The maximum Gasteiger partial charge on any atom is 0.153 e. The Balaban J connectivity index is 2.99. The molecule has 0 N–H and O–H groups in total. The second kappa shape index (κ2) is 5.12. The van der Waals surface area contributed by atoms with Gasteiger partial charge in [-0.2, -0.15) is 0 Å². The van der Waals surface area contributed by atoms with Crippen LogP contribution in [0.3, 0.4) is 0 Å². The number of ether oxygens (including phenoxy) is 1. The fraction of sp³-hybridized carbons (Fsp3) is 0.364. The maximum atomic E-state index is 12.9. The molecule has 82 valence electrons. The topological polar surface area (TPSA) is 26.3 Å². The summed E-state index contributed by atoms with van der Waals surface area (Å²) in [6.07, 6.45) is 0.532. The van der Waals surface area contributed by atoms with Crippen molar-refractivity contribution in [1.82, 2.24) is 0 Å². The molecule has 4 heteroatoms. The van der Waals surface area contributed by atoms with E-state index in [0.717, 1.165) is 12.1 Å². The maximum absolute atomic E-state index is 12.9. The Bertz CT molecular complexity index is 364. The summed E-state index contributed by atoms with van der Waals surface area (Å²) in [5.74, 6) is 0.0198. The number of halogens is 2. The highest BCUT2D eigenvalue weighted by atomic mass is 35.5. The summed E-state index contributed by atoms with van der Waals surface area (Å²) in [7, 11) is 0. The number of hydrogen-bond acceptors (Lipinski definition) is 2. The van der Waals surface area contributed by atoms with E-state index in [1.54, 1.807) is 0 Å². The predicted octanol–water partition coefficient (Wildman–Crippen LogP) is 3.33.